The third kappa shape index (κ3) is 3.07. The number of aromatic nitrogens is 1. The minimum Gasteiger partial charge on any atom is -0.350 e. The zero-order chi connectivity index (χ0) is 15.5. The number of para-hydroxylation sites is 1. The Bertz CT molecular complexity index is 826. The number of benzene rings is 2. The summed E-state index contributed by atoms with van der Waals surface area (Å²) in [5, 5.41) is 7.37. The van der Waals surface area contributed by atoms with Crippen molar-refractivity contribution in [3.63, 3.8) is 0 Å². The number of halogens is 1. The van der Waals surface area contributed by atoms with E-state index >= 15 is 0 Å². The Morgan fingerprint density at radius 3 is 2.82 bits per heavy atom. The van der Waals surface area contributed by atoms with Gasteiger partial charge in [-0.05, 0) is 29.8 Å². The van der Waals surface area contributed by atoms with Gasteiger partial charge in [0.15, 0.2) is 0 Å². The van der Waals surface area contributed by atoms with E-state index in [4.69, 9.17) is 11.6 Å². The summed E-state index contributed by atoms with van der Waals surface area (Å²) < 4.78 is 2.06. The van der Waals surface area contributed by atoms with Crippen molar-refractivity contribution < 1.29 is 4.79 Å². The molecule has 0 fully saturated rings. The SMILES string of the molecule is Cn1cc(CNC(=O)Nc2cccc(Cl)c2)c2ccccc21. The first kappa shape index (κ1) is 14.5. The van der Waals surface area contributed by atoms with Crippen molar-refractivity contribution in [2.24, 2.45) is 7.05 Å². The molecule has 2 N–H and O–H groups in total. The number of anilines is 1. The van der Waals surface area contributed by atoms with Crippen molar-refractivity contribution >= 4 is 34.2 Å². The molecule has 0 saturated carbocycles. The molecular formula is C17H16ClN3O. The van der Waals surface area contributed by atoms with E-state index in [0.717, 1.165) is 16.5 Å². The number of rotatable bonds is 3. The number of nitrogens with one attached hydrogen (secondary N) is 2. The highest BCUT2D eigenvalue weighted by Crippen LogP contribution is 2.20. The minimum atomic E-state index is -0.254. The molecule has 0 unspecified atom stereocenters. The molecule has 2 aromatic carbocycles. The molecule has 5 heteroatoms. The van der Waals surface area contributed by atoms with Crippen molar-refractivity contribution in [3.05, 3.63) is 65.3 Å². The maximum Gasteiger partial charge on any atom is 0.319 e. The van der Waals surface area contributed by atoms with Crippen molar-refractivity contribution in [1.82, 2.24) is 9.88 Å². The summed E-state index contributed by atoms with van der Waals surface area (Å²) in [6.45, 7) is 0.466. The second-order valence-corrected chi connectivity index (χ2v) is 5.54. The van der Waals surface area contributed by atoms with Crippen molar-refractivity contribution in [1.29, 1.82) is 0 Å². The summed E-state index contributed by atoms with van der Waals surface area (Å²) in [5.41, 5.74) is 2.90. The summed E-state index contributed by atoms with van der Waals surface area (Å²) in [6.07, 6.45) is 2.03. The zero-order valence-corrected chi connectivity index (χ0v) is 12.9. The third-order valence-corrected chi connectivity index (χ3v) is 3.74. The lowest BCUT2D eigenvalue weighted by Crippen LogP contribution is -2.28. The van der Waals surface area contributed by atoms with Gasteiger partial charge in [-0.2, -0.15) is 0 Å². The molecule has 0 spiro atoms. The smallest absolute Gasteiger partial charge is 0.319 e. The highest BCUT2D eigenvalue weighted by Gasteiger charge is 2.07. The number of hydrogen-bond acceptors (Lipinski definition) is 1. The Morgan fingerprint density at radius 2 is 2.00 bits per heavy atom. The predicted molar refractivity (Wildman–Crippen MR) is 90.2 cm³/mol. The molecule has 0 aliphatic rings. The fraction of sp³-hybridized carbons (Fsp3) is 0.118. The summed E-state index contributed by atoms with van der Waals surface area (Å²) >= 11 is 5.89. The predicted octanol–water partition coefficient (Wildman–Crippen LogP) is 4.15. The van der Waals surface area contributed by atoms with Crippen LogP contribution in [0.5, 0.6) is 0 Å². The average Bonchev–Trinajstić information content (AvgIpc) is 2.82. The molecular weight excluding hydrogens is 298 g/mol. The molecule has 3 aromatic rings. The van der Waals surface area contributed by atoms with E-state index in [-0.39, 0.29) is 6.03 Å². The normalized spacial score (nSPS) is 10.6. The van der Waals surface area contributed by atoms with Crippen LogP contribution < -0.4 is 10.6 Å². The van der Waals surface area contributed by atoms with Crippen LogP contribution in [0.4, 0.5) is 10.5 Å². The number of hydrogen-bond donors (Lipinski definition) is 2. The van der Waals surface area contributed by atoms with Crippen LogP contribution in [0.25, 0.3) is 10.9 Å². The maximum atomic E-state index is 12.0. The Balaban J connectivity index is 1.68. The van der Waals surface area contributed by atoms with Crippen molar-refractivity contribution in [2.75, 3.05) is 5.32 Å². The third-order valence-electron chi connectivity index (χ3n) is 3.50. The van der Waals surface area contributed by atoms with Gasteiger partial charge in [0.1, 0.15) is 0 Å². The van der Waals surface area contributed by atoms with Crippen molar-refractivity contribution in [3.8, 4) is 0 Å². The number of urea groups is 1. The van der Waals surface area contributed by atoms with Gasteiger partial charge < -0.3 is 15.2 Å². The van der Waals surface area contributed by atoms with Gasteiger partial charge in [-0.25, -0.2) is 4.79 Å². The second-order valence-electron chi connectivity index (χ2n) is 5.10. The first-order valence-electron chi connectivity index (χ1n) is 6.97. The van der Waals surface area contributed by atoms with Gasteiger partial charge in [0.2, 0.25) is 0 Å². The number of nitrogens with zero attached hydrogens (tertiary/aromatic N) is 1. The Labute approximate surface area is 133 Å². The minimum absolute atomic E-state index is 0.254. The van der Waals surface area contributed by atoms with E-state index in [1.807, 2.05) is 25.4 Å². The molecule has 0 saturated heterocycles. The van der Waals surface area contributed by atoms with Crippen LogP contribution in [0.1, 0.15) is 5.56 Å². The number of carbonyl (C=O) groups excluding carboxylic acids is 1. The highest BCUT2D eigenvalue weighted by molar-refractivity contribution is 6.30. The standard InChI is InChI=1S/C17H16ClN3O/c1-21-11-12(15-7-2-3-8-16(15)21)10-19-17(22)20-14-6-4-5-13(18)9-14/h2-9,11H,10H2,1H3,(H2,19,20,22). The largest absolute Gasteiger partial charge is 0.350 e. The molecule has 22 heavy (non-hydrogen) atoms. The Morgan fingerprint density at radius 1 is 1.18 bits per heavy atom. The summed E-state index contributed by atoms with van der Waals surface area (Å²) in [4.78, 5) is 12.0. The molecule has 1 aromatic heterocycles. The molecule has 0 bridgehead atoms. The molecule has 0 aliphatic carbocycles. The summed E-state index contributed by atoms with van der Waals surface area (Å²) in [5.74, 6) is 0. The zero-order valence-electron chi connectivity index (χ0n) is 12.1. The van der Waals surface area contributed by atoms with E-state index < -0.39 is 0 Å². The lowest BCUT2D eigenvalue weighted by Gasteiger charge is -2.07. The number of amides is 2. The average molecular weight is 314 g/mol. The van der Waals surface area contributed by atoms with Crippen molar-refractivity contribution in [2.45, 2.75) is 6.54 Å². The number of carbonyl (C=O) groups is 1. The topological polar surface area (TPSA) is 46.1 Å². The molecule has 2 amide bonds. The van der Waals surface area contributed by atoms with Gasteiger partial charge in [-0.1, -0.05) is 35.9 Å². The van der Waals surface area contributed by atoms with E-state index in [9.17, 15) is 4.79 Å². The van der Waals surface area contributed by atoms with Crippen LogP contribution in [0.15, 0.2) is 54.7 Å². The first-order chi connectivity index (χ1) is 10.6. The lowest BCUT2D eigenvalue weighted by atomic mass is 10.2. The van der Waals surface area contributed by atoms with Crippen LogP contribution in [-0.2, 0) is 13.6 Å². The van der Waals surface area contributed by atoms with Gasteiger partial charge in [0, 0.05) is 41.4 Å². The molecule has 0 atom stereocenters. The maximum absolute atomic E-state index is 12.0. The summed E-state index contributed by atoms with van der Waals surface area (Å²) in [7, 11) is 2.00. The molecule has 0 radical (unpaired) electrons. The van der Waals surface area contributed by atoms with Crippen LogP contribution in [-0.4, -0.2) is 10.6 Å². The Kier molecular flexibility index (Phi) is 4.02. The fourth-order valence-corrected chi connectivity index (χ4v) is 2.67. The van der Waals surface area contributed by atoms with Crippen LogP contribution in [0, 0.1) is 0 Å². The first-order valence-corrected chi connectivity index (χ1v) is 7.34. The van der Waals surface area contributed by atoms with Gasteiger partial charge in [0.05, 0.1) is 0 Å². The second kappa shape index (κ2) is 6.12. The van der Waals surface area contributed by atoms with Gasteiger partial charge in [0.25, 0.3) is 0 Å². The van der Waals surface area contributed by atoms with Gasteiger partial charge in [-0.15, -0.1) is 0 Å². The molecule has 3 rings (SSSR count). The van der Waals surface area contributed by atoms with Gasteiger partial charge in [-0.3, -0.25) is 0 Å². The molecule has 112 valence electrons. The summed E-state index contributed by atoms with van der Waals surface area (Å²) in [6, 6.07) is 14.9. The highest BCUT2D eigenvalue weighted by atomic mass is 35.5. The molecule has 1 heterocycles. The van der Waals surface area contributed by atoms with Crippen LogP contribution in [0.3, 0.4) is 0 Å². The lowest BCUT2D eigenvalue weighted by molar-refractivity contribution is 0.252. The van der Waals surface area contributed by atoms with Crippen LogP contribution in [0.2, 0.25) is 5.02 Å². The van der Waals surface area contributed by atoms with E-state index in [1.54, 1.807) is 24.3 Å². The number of fused-ring (bicyclic) bond motifs is 1. The van der Waals surface area contributed by atoms with E-state index in [2.05, 4.69) is 27.3 Å². The monoisotopic (exact) mass is 313 g/mol. The Hall–Kier alpha value is -2.46. The quantitative estimate of drug-likeness (QED) is 0.749. The van der Waals surface area contributed by atoms with Crippen LogP contribution >= 0.6 is 11.6 Å². The molecule has 4 nitrogen and oxygen atoms in total. The molecule has 0 aliphatic heterocycles. The van der Waals surface area contributed by atoms with E-state index in [0.29, 0.717) is 17.3 Å². The fourth-order valence-electron chi connectivity index (χ4n) is 2.48. The van der Waals surface area contributed by atoms with Gasteiger partial charge >= 0.3 is 6.03 Å². The number of aryl methyl sites for hydroxylation is 1. The van der Waals surface area contributed by atoms with E-state index in [1.165, 1.54) is 0 Å².